The Morgan fingerprint density at radius 2 is 2.03 bits per heavy atom. The molecular weight excluding hydrogens is 381 g/mol. The normalized spacial score (nSPS) is 18.4. The van der Waals surface area contributed by atoms with Crippen LogP contribution in [-0.2, 0) is 24.9 Å². The first-order chi connectivity index (χ1) is 14.0. The van der Waals surface area contributed by atoms with Crippen molar-refractivity contribution in [2.24, 2.45) is 7.05 Å². The Bertz CT molecular complexity index is 1070. The van der Waals surface area contributed by atoms with Gasteiger partial charge in [0, 0.05) is 25.5 Å². The first-order valence-corrected chi connectivity index (χ1v) is 9.09. The largest absolute Gasteiger partial charge is 0.441 e. The third-order valence-electron chi connectivity index (χ3n) is 5.10. The summed E-state index contributed by atoms with van der Waals surface area (Å²) in [7, 11) is 1.71. The molecule has 4 heterocycles. The number of hydrogen-bond acceptors (Lipinski definition) is 7. The van der Waals surface area contributed by atoms with Gasteiger partial charge in [0.1, 0.15) is 11.9 Å². The molecular formula is C18H18FN7O3. The zero-order valence-corrected chi connectivity index (χ0v) is 15.6. The van der Waals surface area contributed by atoms with Crippen molar-refractivity contribution in [3.8, 4) is 5.69 Å². The highest BCUT2D eigenvalue weighted by Crippen LogP contribution is 2.30. The second-order valence-corrected chi connectivity index (χ2v) is 7.09. The number of aromatic nitrogens is 5. The monoisotopic (exact) mass is 399 g/mol. The van der Waals surface area contributed by atoms with E-state index in [1.165, 1.54) is 15.8 Å². The van der Waals surface area contributed by atoms with Crippen molar-refractivity contribution in [3.05, 3.63) is 47.5 Å². The van der Waals surface area contributed by atoms with Crippen molar-refractivity contribution in [3.63, 3.8) is 0 Å². The number of anilines is 2. The molecule has 1 saturated heterocycles. The highest BCUT2D eigenvalue weighted by molar-refractivity contribution is 5.89. The predicted octanol–water partition coefficient (Wildman–Crippen LogP) is 0.978. The standard InChI is InChI=1S/C18H18FN7O3/c1-23-21-17(20-22-23)25-7-11-5-24(6-12(11)8-25)16-3-2-13(4-15(16)19)26-9-14(10-27)29-18(26)28/h2-6,14,27H,7-10H2,1H3/t14-/m1/s1. The number of benzene rings is 1. The molecule has 0 spiro atoms. The molecule has 11 heteroatoms. The second kappa shape index (κ2) is 6.55. The highest BCUT2D eigenvalue weighted by Gasteiger charge is 2.32. The van der Waals surface area contributed by atoms with Crippen molar-refractivity contribution in [1.29, 1.82) is 0 Å². The van der Waals surface area contributed by atoms with Gasteiger partial charge in [-0.15, -0.1) is 5.10 Å². The number of amides is 1. The fourth-order valence-electron chi connectivity index (χ4n) is 3.67. The summed E-state index contributed by atoms with van der Waals surface area (Å²) in [5.74, 6) is 0.105. The minimum absolute atomic E-state index is 0.193. The molecule has 1 fully saturated rings. The lowest BCUT2D eigenvalue weighted by molar-refractivity contribution is 0.0963. The summed E-state index contributed by atoms with van der Waals surface area (Å²) in [5.41, 5.74) is 2.91. The van der Waals surface area contributed by atoms with Gasteiger partial charge in [-0.2, -0.15) is 4.80 Å². The number of carbonyl (C=O) groups is 1. The lowest BCUT2D eigenvalue weighted by atomic mass is 10.2. The van der Waals surface area contributed by atoms with Gasteiger partial charge >= 0.3 is 6.09 Å². The zero-order chi connectivity index (χ0) is 20.1. The number of nitrogens with zero attached hydrogens (tertiary/aromatic N) is 7. The van der Waals surface area contributed by atoms with Crippen molar-refractivity contribution in [2.75, 3.05) is 23.0 Å². The Labute approximate surface area is 164 Å². The van der Waals surface area contributed by atoms with Crippen LogP contribution in [0.15, 0.2) is 30.6 Å². The molecule has 3 aromatic rings. The first kappa shape index (κ1) is 17.6. The van der Waals surface area contributed by atoms with Crippen LogP contribution in [0.4, 0.5) is 20.8 Å². The number of rotatable bonds is 4. The summed E-state index contributed by atoms with van der Waals surface area (Å²) in [5, 5.41) is 21.2. The number of ether oxygens (including phenoxy) is 1. The Kier molecular flexibility index (Phi) is 3.98. The first-order valence-electron chi connectivity index (χ1n) is 9.09. The van der Waals surface area contributed by atoms with Gasteiger partial charge in [0.25, 0.3) is 5.95 Å². The molecule has 2 aromatic heterocycles. The van der Waals surface area contributed by atoms with Crippen molar-refractivity contribution in [2.45, 2.75) is 19.2 Å². The highest BCUT2D eigenvalue weighted by atomic mass is 19.1. The molecule has 150 valence electrons. The van der Waals surface area contributed by atoms with E-state index in [0.29, 0.717) is 30.4 Å². The Hall–Kier alpha value is -3.47. The zero-order valence-electron chi connectivity index (χ0n) is 15.6. The van der Waals surface area contributed by atoms with Gasteiger partial charge < -0.3 is 19.3 Å². The number of aliphatic hydroxyl groups is 1. The number of halogens is 1. The average Bonchev–Trinajstić information content (AvgIpc) is 3.44. The van der Waals surface area contributed by atoms with Crippen LogP contribution >= 0.6 is 0 Å². The summed E-state index contributed by atoms with van der Waals surface area (Å²) < 4.78 is 21.6. The van der Waals surface area contributed by atoms with Crippen LogP contribution < -0.4 is 9.80 Å². The molecule has 1 aromatic carbocycles. The van der Waals surface area contributed by atoms with Gasteiger partial charge in [0.05, 0.1) is 31.6 Å². The van der Waals surface area contributed by atoms with E-state index >= 15 is 0 Å². The van der Waals surface area contributed by atoms with E-state index in [1.54, 1.807) is 23.7 Å². The van der Waals surface area contributed by atoms with Gasteiger partial charge in [0.2, 0.25) is 0 Å². The lowest BCUT2D eigenvalue weighted by Gasteiger charge is -2.15. The molecule has 0 bridgehead atoms. The molecule has 0 saturated carbocycles. The molecule has 1 amide bonds. The fraction of sp³-hybridized carbons (Fsp3) is 0.333. The van der Waals surface area contributed by atoms with E-state index in [1.807, 2.05) is 17.3 Å². The summed E-state index contributed by atoms with van der Waals surface area (Å²) in [6.45, 7) is 1.17. The van der Waals surface area contributed by atoms with E-state index < -0.39 is 18.0 Å². The Balaban J connectivity index is 1.36. The van der Waals surface area contributed by atoms with Gasteiger partial charge in [0.15, 0.2) is 0 Å². The lowest BCUT2D eigenvalue weighted by Crippen LogP contribution is -2.25. The molecule has 1 atom stereocenters. The molecule has 0 radical (unpaired) electrons. The van der Waals surface area contributed by atoms with Gasteiger partial charge in [-0.25, -0.2) is 9.18 Å². The number of carbonyl (C=O) groups excluding carboxylic acids is 1. The number of cyclic esters (lactones) is 1. The van der Waals surface area contributed by atoms with Crippen LogP contribution in [0.3, 0.4) is 0 Å². The minimum atomic E-state index is -0.593. The summed E-state index contributed by atoms with van der Waals surface area (Å²) in [6.07, 6.45) is 2.59. The summed E-state index contributed by atoms with van der Waals surface area (Å²) >= 11 is 0. The third-order valence-corrected chi connectivity index (χ3v) is 5.10. The number of fused-ring (bicyclic) bond motifs is 1. The predicted molar refractivity (Wildman–Crippen MR) is 99.1 cm³/mol. The maximum Gasteiger partial charge on any atom is 0.414 e. The summed E-state index contributed by atoms with van der Waals surface area (Å²) in [4.78, 5) is 16.6. The fourth-order valence-corrected chi connectivity index (χ4v) is 3.67. The quantitative estimate of drug-likeness (QED) is 0.698. The molecule has 2 aliphatic rings. The van der Waals surface area contributed by atoms with Crippen molar-refractivity contribution in [1.82, 2.24) is 24.8 Å². The van der Waals surface area contributed by atoms with Gasteiger partial charge in [-0.3, -0.25) is 4.90 Å². The topological polar surface area (TPSA) is 102 Å². The van der Waals surface area contributed by atoms with E-state index in [2.05, 4.69) is 15.4 Å². The Morgan fingerprint density at radius 1 is 1.28 bits per heavy atom. The van der Waals surface area contributed by atoms with Crippen LogP contribution in [0, 0.1) is 5.82 Å². The number of aryl methyl sites for hydroxylation is 1. The van der Waals surface area contributed by atoms with Crippen molar-refractivity contribution >= 4 is 17.7 Å². The molecule has 1 N–H and O–H groups in total. The molecule has 0 aliphatic carbocycles. The summed E-state index contributed by atoms with van der Waals surface area (Å²) in [6, 6.07) is 4.60. The van der Waals surface area contributed by atoms with Gasteiger partial charge in [-0.1, -0.05) is 5.10 Å². The SMILES string of the molecule is Cn1nnc(N2Cc3cn(-c4ccc(N5C[C@H](CO)OC5=O)cc4F)cc3C2)n1. The molecule has 0 unspecified atom stereocenters. The maximum absolute atomic E-state index is 14.8. The van der Waals surface area contributed by atoms with E-state index in [4.69, 9.17) is 9.84 Å². The average molecular weight is 399 g/mol. The van der Waals surface area contributed by atoms with Crippen LogP contribution in [0.5, 0.6) is 0 Å². The van der Waals surface area contributed by atoms with Gasteiger partial charge in [-0.05, 0) is 34.5 Å². The number of hydrogen-bond donors (Lipinski definition) is 1. The molecule has 10 nitrogen and oxygen atoms in total. The third kappa shape index (κ3) is 2.99. The second-order valence-electron chi connectivity index (χ2n) is 7.09. The van der Waals surface area contributed by atoms with Crippen LogP contribution in [0.1, 0.15) is 11.1 Å². The molecule has 5 rings (SSSR count). The van der Waals surface area contributed by atoms with E-state index in [9.17, 15) is 9.18 Å². The van der Waals surface area contributed by atoms with Crippen LogP contribution in [-0.4, -0.2) is 55.2 Å². The van der Waals surface area contributed by atoms with Crippen molar-refractivity contribution < 1.29 is 19.0 Å². The maximum atomic E-state index is 14.8. The minimum Gasteiger partial charge on any atom is -0.441 e. The van der Waals surface area contributed by atoms with E-state index in [0.717, 1.165) is 11.1 Å². The van der Waals surface area contributed by atoms with E-state index in [-0.39, 0.29) is 13.2 Å². The number of tetrazole rings is 1. The van der Waals surface area contributed by atoms with Crippen LogP contribution in [0.2, 0.25) is 0 Å². The smallest absolute Gasteiger partial charge is 0.414 e. The molecule has 2 aliphatic heterocycles. The Morgan fingerprint density at radius 3 is 2.62 bits per heavy atom. The molecule has 29 heavy (non-hydrogen) atoms. The number of aliphatic hydroxyl groups excluding tert-OH is 1. The van der Waals surface area contributed by atoms with Crippen LogP contribution in [0.25, 0.3) is 5.69 Å².